The van der Waals surface area contributed by atoms with E-state index in [1.807, 2.05) is 32.9 Å². The molecule has 0 bridgehead atoms. The molecule has 6 heteroatoms. The van der Waals surface area contributed by atoms with Crippen molar-refractivity contribution in [2.45, 2.75) is 45.6 Å². The van der Waals surface area contributed by atoms with Crippen molar-refractivity contribution in [3.63, 3.8) is 0 Å². The van der Waals surface area contributed by atoms with Crippen LogP contribution in [0.1, 0.15) is 40.0 Å². The molecule has 0 aliphatic rings. The van der Waals surface area contributed by atoms with Crippen molar-refractivity contribution in [2.75, 3.05) is 13.2 Å². The lowest BCUT2D eigenvalue weighted by Gasteiger charge is -2.19. The molecular weight excluding hydrogens is 336 g/mol. The normalized spacial score (nSPS) is 11.0. The van der Waals surface area contributed by atoms with Gasteiger partial charge in [0.15, 0.2) is 0 Å². The van der Waals surface area contributed by atoms with Gasteiger partial charge in [0.05, 0.1) is 6.61 Å². The molecule has 1 aromatic heterocycles. The Morgan fingerprint density at radius 1 is 1.33 bits per heavy atom. The van der Waals surface area contributed by atoms with Crippen LogP contribution in [-0.4, -0.2) is 29.8 Å². The topological polar surface area (TPSA) is 60.5 Å². The summed E-state index contributed by atoms with van der Waals surface area (Å²) in [5.74, 6) is 0.622. The standard InChI is InChI=1S/C15H23BrN2O3/c1-15(2,3)21-14(19)18-8-5-4-6-10-20-13-11-12(16)7-9-17-13/h7,9,11H,4-6,8,10H2,1-3H3,(H,18,19). The zero-order valence-electron chi connectivity index (χ0n) is 12.8. The summed E-state index contributed by atoms with van der Waals surface area (Å²) in [4.78, 5) is 15.5. The number of aromatic nitrogens is 1. The molecule has 0 aliphatic carbocycles. The number of hydrogen-bond donors (Lipinski definition) is 1. The summed E-state index contributed by atoms with van der Waals surface area (Å²) < 4.78 is 11.6. The minimum Gasteiger partial charge on any atom is -0.478 e. The van der Waals surface area contributed by atoms with Crippen LogP contribution in [0, 0.1) is 0 Å². The molecule has 5 nitrogen and oxygen atoms in total. The second kappa shape index (κ2) is 8.87. The molecule has 1 heterocycles. The maximum absolute atomic E-state index is 11.4. The molecule has 0 aliphatic heterocycles. The highest BCUT2D eigenvalue weighted by Crippen LogP contribution is 2.14. The number of carbonyl (C=O) groups excluding carboxylic acids is 1. The largest absolute Gasteiger partial charge is 0.478 e. The lowest BCUT2D eigenvalue weighted by atomic mass is 10.2. The predicted octanol–water partition coefficient (Wildman–Crippen LogP) is 3.92. The Kier molecular flexibility index (Phi) is 7.50. The third-order valence-electron chi connectivity index (χ3n) is 2.44. The Hall–Kier alpha value is -1.30. The molecule has 0 atom stereocenters. The minimum absolute atomic E-state index is 0.364. The fourth-order valence-corrected chi connectivity index (χ4v) is 1.86. The number of nitrogens with one attached hydrogen (secondary N) is 1. The average molecular weight is 359 g/mol. The number of amides is 1. The fraction of sp³-hybridized carbons (Fsp3) is 0.600. The molecule has 0 aromatic carbocycles. The molecular formula is C15H23BrN2O3. The lowest BCUT2D eigenvalue weighted by Crippen LogP contribution is -2.33. The molecule has 1 aromatic rings. The second-order valence-electron chi connectivity index (χ2n) is 5.65. The molecule has 1 N–H and O–H groups in total. The van der Waals surface area contributed by atoms with Crippen molar-refractivity contribution in [1.82, 2.24) is 10.3 Å². The fourth-order valence-electron chi connectivity index (χ4n) is 1.55. The Balaban J connectivity index is 2.01. The van der Waals surface area contributed by atoms with Gasteiger partial charge in [-0.2, -0.15) is 0 Å². The van der Waals surface area contributed by atoms with Gasteiger partial charge in [0, 0.05) is 23.3 Å². The van der Waals surface area contributed by atoms with Crippen LogP contribution < -0.4 is 10.1 Å². The lowest BCUT2D eigenvalue weighted by molar-refractivity contribution is 0.0527. The molecule has 1 rings (SSSR count). The summed E-state index contributed by atoms with van der Waals surface area (Å²) in [6.45, 7) is 6.78. The van der Waals surface area contributed by atoms with Crippen LogP contribution in [0.25, 0.3) is 0 Å². The van der Waals surface area contributed by atoms with Gasteiger partial charge >= 0.3 is 6.09 Å². The van der Waals surface area contributed by atoms with Gasteiger partial charge in [-0.05, 0) is 46.1 Å². The first-order chi connectivity index (χ1) is 9.87. The van der Waals surface area contributed by atoms with Gasteiger partial charge < -0.3 is 14.8 Å². The van der Waals surface area contributed by atoms with Crippen LogP contribution in [0.5, 0.6) is 5.88 Å². The SMILES string of the molecule is CC(C)(C)OC(=O)NCCCCCOc1cc(Br)ccn1. The number of pyridine rings is 1. The number of halogens is 1. The number of carbonyl (C=O) groups is 1. The van der Waals surface area contributed by atoms with Crippen LogP contribution >= 0.6 is 15.9 Å². The first-order valence-corrected chi connectivity index (χ1v) is 7.87. The third-order valence-corrected chi connectivity index (χ3v) is 2.93. The first kappa shape index (κ1) is 17.8. The highest BCUT2D eigenvalue weighted by molar-refractivity contribution is 9.10. The molecule has 0 saturated carbocycles. The first-order valence-electron chi connectivity index (χ1n) is 7.08. The highest BCUT2D eigenvalue weighted by Gasteiger charge is 2.15. The highest BCUT2D eigenvalue weighted by atomic mass is 79.9. The van der Waals surface area contributed by atoms with Crippen molar-refractivity contribution < 1.29 is 14.3 Å². The van der Waals surface area contributed by atoms with Crippen LogP contribution in [-0.2, 0) is 4.74 Å². The van der Waals surface area contributed by atoms with Gasteiger partial charge in [0.2, 0.25) is 5.88 Å². The van der Waals surface area contributed by atoms with E-state index in [9.17, 15) is 4.79 Å². The molecule has 0 unspecified atom stereocenters. The Labute approximate surface area is 134 Å². The van der Waals surface area contributed by atoms with E-state index in [1.165, 1.54) is 0 Å². The van der Waals surface area contributed by atoms with Crippen molar-refractivity contribution >= 4 is 22.0 Å². The van der Waals surface area contributed by atoms with E-state index in [0.717, 1.165) is 23.7 Å². The number of unbranched alkanes of at least 4 members (excludes halogenated alkanes) is 2. The summed E-state index contributed by atoms with van der Waals surface area (Å²) in [5.41, 5.74) is -0.450. The quantitative estimate of drug-likeness (QED) is 0.750. The molecule has 1 amide bonds. The van der Waals surface area contributed by atoms with Gasteiger partial charge in [-0.1, -0.05) is 15.9 Å². The molecule has 21 heavy (non-hydrogen) atoms. The number of nitrogens with zero attached hydrogens (tertiary/aromatic N) is 1. The van der Waals surface area contributed by atoms with Gasteiger partial charge in [0.1, 0.15) is 5.60 Å². The zero-order valence-corrected chi connectivity index (χ0v) is 14.4. The van der Waals surface area contributed by atoms with E-state index in [4.69, 9.17) is 9.47 Å². The van der Waals surface area contributed by atoms with E-state index in [0.29, 0.717) is 19.0 Å². The van der Waals surface area contributed by atoms with Crippen molar-refractivity contribution in [3.05, 3.63) is 22.8 Å². The van der Waals surface area contributed by atoms with Crippen LogP contribution in [0.2, 0.25) is 0 Å². The molecule has 0 spiro atoms. The van der Waals surface area contributed by atoms with Gasteiger partial charge in [-0.25, -0.2) is 9.78 Å². The van der Waals surface area contributed by atoms with Crippen molar-refractivity contribution in [3.8, 4) is 5.88 Å². The number of rotatable bonds is 7. The molecule has 0 fully saturated rings. The van der Waals surface area contributed by atoms with Gasteiger partial charge in [0.25, 0.3) is 0 Å². The maximum atomic E-state index is 11.4. The Morgan fingerprint density at radius 2 is 2.10 bits per heavy atom. The third kappa shape index (κ3) is 9.28. The Bertz CT molecular complexity index is 447. The van der Waals surface area contributed by atoms with E-state index in [2.05, 4.69) is 26.2 Å². The number of hydrogen-bond acceptors (Lipinski definition) is 4. The number of ether oxygens (including phenoxy) is 2. The minimum atomic E-state index is -0.450. The van der Waals surface area contributed by atoms with E-state index < -0.39 is 5.60 Å². The van der Waals surface area contributed by atoms with E-state index in [1.54, 1.807) is 6.20 Å². The Morgan fingerprint density at radius 3 is 2.76 bits per heavy atom. The number of alkyl carbamates (subject to hydrolysis) is 1. The average Bonchev–Trinajstić information content (AvgIpc) is 2.35. The maximum Gasteiger partial charge on any atom is 0.407 e. The van der Waals surface area contributed by atoms with Crippen molar-refractivity contribution in [2.24, 2.45) is 0 Å². The summed E-state index contributed by atoms with van der Waals surface area (Å²) in [7, 11) is 0. The van der Waals surface area contributed by atoms with Crippen molar-refractivity contribution in [1.29, 1.82) is 0 Å². The molecule has 0 radical (unpaired) electrons. The van der Waals surface area contributed by atoms with Gasteiger partial charge in [-0.3, -0.25) is 0 Å². The van der Waals surface area contributed by atoms with Gasteiger partial charge in [-0.15, -0.1) is 0 Å². The van der Waals surface area contributed by atoms with Crippen LogP contribution in [0.3, 0.4) is 0 Å². The monoisotopic (exact) mass is 358 g/mol. The van der Waals surface area contributed by atoms with Crippen LogP contribution in [0.15, 0.2) is 22.8 Å². The van der Waals surface area contributed by atoms with Crippen LogP contribution in [0.4, 0.5) is 4.79 Å². The second-order valence-corrected chi connectivity index (χ2v) is 6.57. The summed E-state index contributed by atoms with van der Waals surface area (Å²) >= 11 is 3.37. The molecule has 118 valence electrons. The van der Waals surface area contributed by atoms with E-state index in [-0.39, 0.29) is 6.09 Å². The molecule has 0 saturated heterocycles. The predicted molar refractivity (Wildman–Crippen MR) is 85.5 cm³/mol. The smallest absolute Gasteiger partial charge is 0.407 e. The summed E-state index contributed by atoms with van der Waals surface area (Å²) in [6, 6.07) is 3.69. The zero-order chi connectivity index (χ0) is 15.7. The summed E-state index contributed by atoms with van der Waals surface area (Å²) in [5, 5.41) is 2.73. The summed E-state index contributed by atoms with van der Waals surface area (Å²) in [6.07, 6.45) is 4.13. The van der Waals surface area contributed by atoms with E-state index >= 15 is 0 Å².